The van der Waals surface area contributed by atoms with Crippen molar-refractivity contribution < 1.29 is 8.42 Å². The number of aryl methyl sites for hydroxylation is 1. The second-order valence-electron chi connectivity index (χ2n) is 4.62. The van der Waals surface area contributed by atoms with Crippen LogP contribution in [0.1, 0.15) is 12.6 Å². The molecule has 1 aromatic carbocycles. The van der Waals surface area contributed by atoms with Crippen LogP contribution in [-0.4, -0.2) is 24.6 Å². The van der Waals surface area contributed by atoms with Crippen molar-refractivity contribution in [2.75, 3.05) is 6.26 Å². The van der Waals surface area contributed by atoms with Crippen LogP contribution in [0.3, 0.4) is 0 Å². The number of pyridine rings is 1. The van der Waals surface area contributed by atoms with E-state index in [0.29, 0.717) is 0 Å². The molecular formula is C14H14N2O2S. The van der Waals surface area contributed by atoms with Crippen LogP contribution in [0.2, 0.25) is 0 Å². The van der Waals surface area contributed by atoms with E-state index < -0.39 is 9.84 Å². The summed E-state index contributed by atoms with van der Waals surface area (Å²) in [5, 5.41) is 1.68. The smallest absolute Gasteiger partial charge is 0.177 e. The third-order valence-electron chi connectivity index (χ3n) is 3.31. The lowest BCUT2D eigenvalue weighted by Crippen LogP contribution is -2.01. The van der Waals surface area contributed by atoms with Crippen molar-refractivity contribution in [1.82, 2.24) is 9.97 Å². The molecule has 0 spiro atoms. The van der Waals surface area contributed by atoms with Crippen LogP contribution in [0, 0.1) is 0 Å². The first-order valence-corrected chi connectivity index (χ1v) is 8.00. The minimum atomic E-state index is -3.30. The largest absolute Gasteiger partial charge is 0.353 e. The summed E-state index contributed by atoms with van der Waals surface area (Å²) in [5.41, 5.74) is 2.65. The molecule has 19 heavy (non-hydrogen) atoms. The van der Waals surface area contributed by atoms with Gasteiger partial charge in [-0.25, -0.2) is 8.42 Å². The maximum absolute atomic E-state index is 11.9. The van der Waals surface area contributed by atoms with Crippen molar-refractivity contribution in [3.05, 3.63) is 36.2 Å². The van der Waals surface area contributed by atoms with Gasteiger partial charge in [-0.2, -0.15) is 0 Å². The number of aromatic amines is 1. The molecule has 0 saturated carbocycles. The Hall–Kier alpha value is -1.88. The van der Waals surface area contributed by atoms with Crippen LogP contribution >= 0.6 is 0 Å². The number of para-hydroxylation sites is 1. The van der Waals surface area contributed by atoms with Gasteiger partial charge in [0.1, 0.15) is 0 Å². The third-order valence-corrected chi connectivity index (χ3v) is 4.42. The topological polar surface area (TPSA) is 62.8 Å². The van der Waals surface area contributed by atoms with Crippen LogP contribution in [0.5, 0.6) is 0 Å². The number of rotatable bonds is 2. The van der Waals surface area contributed by atoms with Crippen LogP contribution in [0.25, 0.3) is 21.8 Å². The second-order valence-corrected chi connectivity index (χ2v) is 6.60. The SMILES string of the molecule is CCc1ncc(S(C)(=O)=O)c2c1[nH]c1ccccc12. The van der Waals surface area contributed by atoms with Gasteiger partial charge in [-0.1, -0.05) is 25.1 Å². The van der Waals surface area contributed by atoms with Gasteiger partial charge in [0.15, 0.2) is 9.84 Å². The first kappa shape index (κ1) is 12.2. The van der Waals surface area contributed by atoms with Crippen molar-refractivity contribution >= 4 is 31.6 Å². The monoisotopic (exact) mass is 274 g/mol. The predicted octanol–water partition coefficient (Wildman–Crippen LogP) is 2.68. The quantitative estimate of drug-likeness (QED) is 0.781. The Labute approximate surface area is 111 Å². The van der Waals surface area contributed by atoms with E-state index in [1.54, 1.807) is 0 Å². The fourth-order valence-corrected chi connectivity index (χ4v) is 3.26. The summed E-state index contributed by atoms with van der Waals surface area (Å²) >= 11 is 0. The predicted molar refractivity (Wildman–Crippen MR) is 76.1 cm³/mol. The molecule has 0 radical (unpaired) electrons. The molecular weight excluding hydrogens is 260 g/mol. The molecule has 5 heteroatoms. The van der Waals surface area contributed by atoms with E-state index in [0.717, 1.165) is 33.9 Å². The summed E-state index contributed by atoms with van der Waals surface area (Å²) in [5.74, 6) is 0. The summed E-state index contributed by atoms with van der Waals surface area (Å²) in [6.07, 6.45) is 3.45. The number of nitrogens with one attached hydrogen (secondary N) is 1. The molecule has 2 heterocycles. The molecule has 0 fully saturated rings. The van der Waals surface area contributed by atoms with Gasteiger partial charge in [-0.05, 0) is 12.5 Å². The minimum absolute atomic E-state index is 0.289. The first-order valence-electron chi connectivity index (χ1n) is 6.10. The third kappa shape index (κ3) is 1.81. The van der Waals surface area contributed by atoms with E-state index in [-0.39, 0.29) is 4.90 Å². The van der Waals surface area contributed by atoms with Crippen molar-refractivity contribution in [2.45, 2.75) is 18.2 Å². The van der Waals surface area contributed by atoms with Crippen LogP contribution < -0.4 is 0 Å². The molecule has 98 valence electrons. The maximum atomic E-state index is 11.9. The van der Waals surface area contributed by atoms with Gasteiger partial charge in [0, 0.05) is 28.7 Å². The Morgan fingerprint density at radius 2 is 2.00 bits per heavy atom. The van der Waals surface area contributed by atoms with Crippen molar-refractivity contribution in [3.8, 4) is 0 Å². The van der Waals surface area contributed by atoms with Crippen molar-refractivity contribution in [2.24, 2.45) is 0 Å². The zero-order valence-corrected chi connectivity index (χ0v) is 11.6. The Morgan fingerprint density at radius 1 is 1.26 bits per heavy atom. The number of H-pyrrole nitrogens is 1. The lowest BCUT2D eigenvalue weighted by molar-refractivity contribution is 0.602. The van der Waals surface area contributed by atoms with E-state index in [1.807, 2.05) is 31.2 Å². The number of nitrogens with zero attached hydrogens (tertiary/aromatic N) is 1. The molecule has 0 bridgehead atoms. The fourth-order valence-electron chi connectivity index (χ4n) is 2.43. The van der Waals surface area contributed by atoms with E-state index in [9.17, 15) is 8.42 Å². The van der Waals surface area contributed by atoms with Gasteiger partial charge >= 0.3 is 0 Å². The van der Waals surface area contributed by atoms with Gasteiger partial charge in [0.05, 0.1) is 16.1 Å². The first-order chi connectivity index (χ1) is 9.02. The molecule has 0 atom stereocenters. The number of hydrogen-bond acceptors (Lipinski definition) is 3. The molecule has 0 amide bonds. The molecule has 0 aliphatic rings. The number of benzene rings is 1. The Kier molecular flexibility index (Phi) is 2.60. The lowest BCUT2D eigenvalue weighted by Gasteiger charge is -2.04. The highest BCUT2D eigenvalue weighted by Gasteiger charge is 2.18. The zero-order valence-electron chi connectivity index (χ0n) is 10.8. The minimum Gasteiger partial charge on any atom is -0.353 e. The lowest BCUT2D eigenvalue weighted by atomic mass is 10.1. The van der Waals surface area contributed by atoms with Crippen LogP contribution in [0.4, 0.5) is 0 Å². The molecule has 2 aromatic heterocycles. The Balaban J connectivity index is 2.60. The summed E-state index contributed by atoms with van der Waals surface area (Å²) in [4.78, 5) is 7.85. The van der Waals surface area contributed by atoms with Gasteiger partial charge in [-0.15, -0.1) is 0 Å². The summed E-state index contributed by atoms with van der Waals surface area (Å²) < 4.78 is 23.9. The van der Waals surface area contributed by atoms with Gasteiger partial charge in [0.25, 0.3) is 0 Å². The summed E-state index contributed by atoms with van der Waals surface area (Å²) in [6.45, 7) is 2.01. The van der Waals surface area contributed by atoms with Crippen molar-refractivity contribution in [3.63, 3.8) is 0 Å². The molecule has 4 nitrogen and oxygen atoms in total. The van der Waals surface area contributed by atoms with Crippen molar-refractivity contribution in [1.29, 1.82) is 0 Å². The number of hydrogen-bond donors (Lipinski definition) is 1. The Morgan fingerprint density at radius 3 is 2.68 bits per heavy atom. The van der Waals surface area contributed by atoms with Crippen LogP contribution in [0.15, 0.2) is 35.4 Å². The highest BCUT2D eigenvalue weighted by Crippen LogP contribution is 2.32. The molecule has 0 saturated heterocycles. The normalized spacial score (nSPS) is 12.3. The molecule has 0 aliphatic heterocycles. The summed E-state index contributed by atoms with van der Waals surface area (Å²) in [7, 11) is -3.30. The van der Waals surface area contributed by atoms with Gasteiger partial charge in [-0.3, -0.25) is 4.98 Å². The van der Waals surface area contributed by atoms with Crippen LogP contribution in [-0.2, 0) is 16.3 Å². The molecule has 0 aliphatic carbocycles. The van der Waals surface area contributed by atoms with E-state index in [1.165, 1.54) is 12.5 Å². The molecule has 3 aromatic rings. The van der Waals surface area contributed by atoms with Gasteiger partial charge < -0.3 is 4.98 Å². The average molecular weight is 274 g/mol. The van der Waals surface area contributed by atoms with E-state index in [4.69, 9.17) is 0 Å². The van der Waals surface area contributed by atoms with E-state index in [2.05, 4.69) is 9.97 Å². The van der Waals surface area contributed by atoms with Gasteiger partial charge in [0.2, 0.25) is 0 Å². The summed E-state index contributed by atoms with van der Waals surface area (Å²) in [6, 6.07) is 7.72. The highest BCUT2D eigenvalue weighted by atomic mass is 32.2. The number of aromatic nitrogens is 2. The maximum Gasteiger partial charge on any atom is 0.177 e. The second kappa shape index (κ2) is 4.06. The number of sulfone groups is 1. The average Bonchev–Trinajstić information content (AvgIpc) is 2.75. The number of fused-ring (bicyclic) bond motifs is 3. The highest BCUT2D eigenvalue weighted by molar-refractivity contribution is 7.91. The standard InChI is InChI=1S/C14H14N2O2S/c1-3-10-14-13(12(8-15-10)19(2,17)18)9-6-4-5-7-11(9)16-14/h4-8,16H,3H2,1-2H3. The fraction of sp³-hybridized carbons (Fsp3) is 0.214. The molecule has 0 unspecified atom stereocenters. The Bertz CT molecular complexity index is 879. The molecule has 3 rings (SSSR count). The van der Waals surface area contributed by atoms with E-state index >= 15 is 0 Å². The zero-order chi connectivity index (χ0) is 13.6. The molecule has 1 N–H and O–H groups in total.